The fourth-order valence-corrected chi connectivity index (χ4v) is 3.67. The Labute approximate surface area is 146 Å². The summed E-state index contributed by atoms with van der Waals surface area (Å²) in [6.45, 7) is 0.775. The molecule has 4 rings (SSSR count). The van der Waals surface area contributed by atoms with Crippen molar-refractivity contribution < 1.29 is 9.59 Å². The van der Waals surface area contributed by atoms with Crippen molar-refractivity contribution in [3.8, 4) is 0 Å². The smallest absolute Gasteiger partial charge is 0.246 e. The molecule has 2 amide bonds. The maximum atomic E-state index is 12.6. The molecular weight excluding hydrogens is 316 g/mol. The van der Waals surface area contributed by atoms with Crippen LogP contribution < -0.4 is 10.2 Å². The lowest BCUT2D eigenvalue weighted by molar-refractivity contribution is -0.125. The zero-order valence-electron chi connectivity index (χ0n) is 14.3. The van der Waals surface area contributed by atoms with E-state index in [1.165, 1.54) is 5.56 Å². The fourth-order valence-electron chi connectivity index (χ4n) is 3.67. The SMILES string of the molecule is Cn1cc([C@@H]2C[C@H]2C(=O)NCC(=O)N2CCCc3ccccc32)cn1. The van der Waals surface area contributed by atoms with Gasteiger partial charge in [-0.1, -0.05) is 18.2 Å². The third-order valence-corrected chi connectivity index (χ3v) is 5.11. The van der Waals surface area contributed by atoms with E-state index >= 15 is 0 Å². The van der Waals surface area contributed by atoms with Crippen LogP contribution in [0.4, 0.5) is 5.69 Å². The van der Waals surface area contributed by atoms with Crippen molar-refractivity contribution in [2.45, 2.75) is 25.2 Å². The van der Waals surface area contributed by atoms with Crippen molar-refractivity contribution in [1.82, 2.24) is 15.1 Å². The molecule has 1 saturated carbocycles. The van der Waals surface area contributed by atoms with Crippen LogP contribution in [0.15, 0.2) is 36.7 Å². The number of amides is 2. The largest absolute Gasteiger partial charge is 0.347 e. The van der Waals surface area contributed by atoms with E-state index in [1.54, 1.807) is 9.58 Å². The van der Waals surface area contributed by atoms with Crippen molar-refractivity contribution in [2.24, 2.45) is 13.0 Å². The number of benzene rings is 1. The molecule has 2 aromatic rings. The van der Waals surface area contributed by atoms with Gasteiger partial charge >= 0.3 is 0 Å². The van der Waals surface area contributed by atoms with Crippen LogP contribution >= 0.6 is 0 Å². The van der Waals surface area contributed by atoms with E-state index in [0.717, 1.165) is 30.5 Å². The number of carbonyl (C=O) groups excluding carboxylic acids is 2. The summed E-state index contributed by atoms with van der Waals surface area (Å²) < 4.78 is 1.75. The van der Waals surface area contributed by atoms with Gasteiger partial charge in [0, 0.05) is 31.4 Å². The van der Waals surface area contributed by atoms with Crippen LogP contribution in [0.25, 0.3) is 0 Å². The highest BCUT2D eigenvalue weighted by atomic mass is 16.2. The Morgan fingerprint density at radius 1 is 1.32 bits per heavy atom. The number of aromatic nitrogens is 2. The van der Waals surface area contributed by atoms with E-state index in [-0.39, 0.29) is 30.2 Å². The number of anilines is 1. The molecule has 0 radical (unpaired) electrons. The standard InChI is InChI=1S/C19H22N4O2/c1-22-12-14(10-21-22)15-9-16(15)19(25)20-11-18(24)23-8-4-6-13-5-2-3-7-17(13)23/h2-3,5,7,10,12,15-16H,4,6,8-9,11H2,1H3,(H,20,25)/t15-,16+/m0/s1. The van der Waals surface area contributed by atoms with Gasteiger partial charge in [0.2, 0.25) is 11.8 Å². The Kier molecular flexibility index (Phi) is 4.03. The first-order valence-corrected chi connectivity index (χ1v) is 8.78. The molecule has 6 nitrogen and oxygen atoms in total. The highest BCUT2D eigenvalue weighted by molar-refractivity contribution is 5.98. The lowest BCUT2D eigenvalue weighted by Crippen LogP contribution is -2.43. The van der Waals surface area contributed by atoms with Crippen LogP contribution in [0, 0.1) is 5.92 Å². The predicted molar refractivity (Wildman–Crippen MR) is 94.2 cm³/mol. The van der Waals surface area contributed by atoms with Crippen LogP contribution in [0.2, 0.25) is 0 Å². The Morgan fingerprint density at radius 3 is 2.96 bits per heavy atom. The van der Waals surface area contributed by atoms with Gasteiger partial charge in [-0.2, -0.15) is 5.10 Å². The zero-order valence-corrected chi connectivity index (χ0v) is 14.3. The maximum absolute atomic E-state index is 12.6. The van der Waals surface area contributed by atoms with E-state index in [4.69, 9.17) is 0 Å². The molecule has 25 heavy (non-hydrogen) atoms. The van der Waals surface area contributed by atoms with E-state index in [1.807, 2.05) is 37.6 Å². The predicted octanol–water partition coefficient (Wildman–Crippen LogP) is 1.62. The number of rotatable bonds is 4. The van der Waals surface area contributed by atoms with Gasteiger partial charge in [-0.3, -0.25) is 14.3 Å². The summed E-state index contributed by atoms with van der Waals surface area (Å²) in [5.41, 5.74) is 3.28. The highest BCUT2D eigenvalue weighted by Crippen LogP contribution is 2.47. The molecular formula is C19H22N4O2. The molecule has 0 saturated heterocycles. The summed E-state index contributed by atoms with van der Waals surface area (Å²) >= 11 is 0. The zero-order chi connectivity index (χ0) is 17.4. The maximum Gasteiger partial charge on any atom is 0.246 e. The Bertz CT molecular complexity index is 813. The third-order valence-electron chi connectivity index (χ3n) is 5.11. The van der Waals surface area contributed by atoms with E-state index in [0.29, 0.717) is 6.54 Å². The highest BCUT2D eigenvalue weighted by Gasteiger charge is 2.44. The second kappa shape index (κ2) is 6.35. The molecule has 6 heteroatoms. The van der Waals surface area contributed by atoms with Gasteiger partial charge in [0.05, 0.1) is 12.7 Å². The number of hydrogen-bond donors (Lipinski definition) is 1. The monoisotopic (exact) mass is 338 g/mol. The summed E-state index contributed by atoms with van der Waals surface area (Å²) in [4.78, 5) is 26.7. The quantitative estimate of drug-likeness (QED) is 0.921. The van der Waals surface area contributed by atoms with Crippen LogP contribution in [0.1, 0.15) is 29.9 Å². The second-order valence-electron chi connectivity index (χ2n) is 6.89. The first-order valence-electron chi connectivity index (χ1n) is 8.78. The van der Waals surface area contributed by atoms with Crippen LogP contribution in [0.3, 0.4) is 0 Å². The van der Waals surface area contributed by atoms with Crippen molar-refractivity contribution in [3.05, 3.63) is 47.8 Å². The minimum atomic E-state index is -0.0425. The van der Waals surface area contributed by atoms with E-state index in [9.17, 15) is 9.59 Å². The normalized spacial score (nSPS) is 21.6. The van der Waals surface area contributed by atoms with Gasteiger partial charge < -0.3 is 10.2 Å². The Hall–Kier alpha value is -2.63. The summed E-state index contributed by atoms with van der Waals surface area (Å²) in [5.74, 6) is 0.122. The van der Waals surface area contributed by atoms with Crippen molar-refractivity contribution in [2.75, 3.05) is 18.0 Å². The van der Waals surface area contributed by atoms with Gasteiger partial charge in [-0.25, -0.2) is 0 Å². The lowest BCUT2D eigenvalue weighted by Gasteiger charge is -2.29. The summed E-state index contributed by atoms with van der Waals surface area (Å²) in [7, 11) is 1.87. The third kappa shape index (κ3) is 3.16. The van der Waals surface area contributed by atoms with Gasteiger partial charge in [0.25, 0.3) is 0 Å². The molecule has 1 aromatic carbocycles. The molecule has 2 heterocycles. The molecule has 0 bridgehead atoms. The molecule has 2 atom stereocenters. The number of fused-ring (bicyclic) bond motifs is 1. The van der Waals surface area contributed by atoms with Gasteiger partial charge in [-0.05, 0) is 42.4 Å². The first-order chi connectivity index (χ1) is 12.1. The number of para-hydroxylation sites is 1. The van der Waals surface area contributed by atoms with Crippen LogP contribution in [-0.4, -0.2) is 34.7 Å². The number of carbonyl (C=O) groups is 2. The van der Waals surface area contributed by atoms with Gasteiger partial charge in [0.15, 0.2) is 0 Å². The van der Waals surface area contributed by atoms with Crippen LogP contribution in [-0.2, 0) is 23.1 Å². The minimum Gasteiger partial charge on any atom is -0.347 e. The molecule has 1 aliphatic heterocycles. The molecule has 1 fully saturated rings. The van der Waals surface area contributed by atoms with Crippen molar-refractivity contribution in [3.63, 3.8) is 0 Å². The molecule has 1 N–H and O–H groups in total. The second-order valence-corrected chi connectivity index (χ2v) is 6.89. The van der Waals surface area contributed by atoms with E-state index < -0.39 is 0 Å². The van der Waals surface area contributed by atoms with Gasteiger partial charge in [-0.15, -0.1) is 0 Å². The Balaban J connectivity index is 1.33. The average Bonchev–Trinajstić information content (AvgIpc) is 3.33. The number of aryl methyl sites for hydroxylation is 2. The van der Waals surface area contributed by atoms with Crippen molar-refractivity contribution >= 4 is 17.5 Å². The number of hydrogen-bond acceptors (Lipinski definition) is 3. The summed E-state index contributed by atoms with van der Waals surface area (Å²) in [6, 6.07) is 8.00. The fraction of sp³-hybridized carbons (Fsp3) is 0.421. The molecule has 2 aliphatic rings. The molecule has 130 valence electrons. The Morgan fingerprint density at radius 2 is 2.16 bits per heavy atom. The van der Waals surface area contributed by atoms with Crippen LogP contribution in [0.5, 0.6) is 0 Å². The summed E-state index contributed by atoms with van der Waals surface area (Å²) in [6.07, 6.45) is 6.56. The first kappa shape index (κ1) is 15.9. The number of nitrogens with one attached hydrogen (secondary N) is 1. The molecule has 0 unspecified atom stereocenters. The lowest BCUT2D eigenvalue weighted by atomic mass is 10.0. The van der Waals surface area contributed by atoms with Gasteiger partial charge in [0.1, 0.15) is 0 Å². The minimum absolute atomic E-state index is 0.0347. The number of nitrogens with zero attached hydrogens (tertiary/aromatic N) is 3. The molecule has 1 aliphatic carbocycles. The average molecular weight is 338 g/mol. The van der Waals surface area contributed by atoms with Crippen molar-refractivity contribution in [1.29, 1.82) is 0 Å². The molecule has 1 aromatic heterocycles. The summed E-state index contributed by atoms with van der Waals surface area (Å²) in [5, 5.41) is 6.97. The molecule has 0 spiro atoms. The topological polar surface area (TPSA) is 67.2 Å². The van der Waals surface area contributed by atoms with E-state index in [2.05, 4.69) is 16.5 Å².